The van der Waals surface area contributed by atoms with E-state index in [1.807, 2.05) is 24.3 Å². The number of halogens is 2. The summed E-state index contributed by atoms with van der Waals surface area (Å²) in [4.78, 5) is 0. The van der Waals surface area contributed by atoms with Gasteiger partial charge in [0.2, 0.25) is 0 Å². The molecular formula is C30H33F2N. The van der Waals surface area contributed by atoms with Crippen LogP contribution in [0.5, 0.6) is 0 Å². The smallest absolute Gasteiger partial charge is 0.141 e. The number of hydrogen-bond donors (Lipinski definition) is 0. The summed E-state index contributed by atoms with van der Waals surface area (Å²) in [6.45, 7) is 2.29. The van der Waals surface area contributed by atoms with Gasteiger partial charge < -0.3 is 0 Å². The van der Waals surface area contributed by atoms with E-state index in [4.69, 9.17) is 5.26 Å². The topological polar surface area (TPSA) is 23.8 Å². The van der Waals surface area contributed by atoms with Gasteiger partial charge in [0.25, 0.3) is 0 Å². The second kappa shape index (κ2) is 10.9. The lowest BCUT2D eigenvalue weighted by Gasteiger charge is -2.28. The van der Waals surface area contributed by atoms with Crippen LogP contribution in [0, 0.1) is 34.8 Å². The molecule has 0 saturated heterocycles. The highest BCUT2D eigenvalue weighted by Gasteiger charge is 2.20. The van der Waals surface area contributed by atoms with Crippen molar-refractivity contribution in [3.63, 3.8) is 0 Å². The van der Waals surface area contributed by atoms with Gasteiger partial charge >= 0.3 is 0 Å². The molecule has 3 heteroatoms. The number of rotatable bonds is 8. The van der Waals surface area contributed by atoms with Crippen molar-refractivity contribution in [3.05, 3.63) is 82.4 Å². The fraction of sp³-hybridized carbons (Fsp3) is 0.433. The van der Waals surface area contributed by atoms with E-state index in [1.54, 1.807) is 6.07 Å². The van der Waals surface area contributed by atoms with Gasteiger partial charge in [0.15, 0.2) is 0 Å². The molecule has 1 aliphatic rings. The van der Waals surface area contributed by atoms with Crippen LogP contribution in [0.1, 0.15) is 74.1 Å². The number of nitriles is 1. The van der Waals surface area contributed by atoms with Crippen molar-refractivity contribution in [2.75, 3.05) is 0 Å². The fourth-order valence-corrected chi connectivity index (χ4v) is 5.41. The van der Waals surface area contributed by atoms with E-state index in [1.165, 1.54) is 62.6 Å². The molecule has 0 heterocycles. The number of fused-ring (bicyclic) bond motifs is 1. The number of nitrogens with zero attached hydrogens (tertiary/aromatic N) is 1. The summed E-state index contributed by atoms with van der Waals surface area (Å²) >= 11 is 0. The minimum atomic E-state index is -0.518. The average molecular weight is 446 g/mol. The van der Waals surface area contributed by atoms with Crippen molar-refractivity contribution in [3.8, 4) is 6.07 Å². The highest BCUT2D eigenvalue weighted by molar-refractivity contribution is 5.84. The lowest BCUT2D eigenvalue weighted by molar-refractivity contribution is 0.252. The maximum atomic E-state index is 15.2. The molecule has 0 spiro atoms. The van der Waals surface area contributed by atoms with Gasteiger partial charge in [-0.15, -0.1) is 0 Å². The summed E-state index contributed by atoms with van der Waals surface area (Å²) in [5.74, 6) is 1.08. The van der Waals surface area contributed by atoms with Gasteiger partial charge in [0, 0.05) is 5.39 Å². The summed E-state index contributed by atoms with van der Waals surface area (Å²) in [5, 5.41) is 10.5. The van der Waals surface area contributed by atoms with Gasteiger partial charge in [-0.2, -0.15) is 5.26 Å². The molecule has 0 N–H and O–H groups in total. The molecule has 1 fully saturated rings. The zero-order valence-electron chi connectivity index (χ0n) is 19.5. The van der Waals surface area contributed by atoms with Crippen LogP contribution in [0.2, 0.25) is 0 Å². The van der Waals surface area contributed by atoms with Crippen LogP contribution in [-0.2, 0) is 19.3 Å². The molecule has 1 nitrogen and oxygen atoms in total. The Morgan fingerprint density at radius 3 is 2.21 bits per heavy atom. The highest BCUT2D eigenvalue weighted by Crippen LogP contribution is 2.34. The third-order valence-electron chi connectivity index (χ3n) is 7.44. The van der Waals surface area contributed by atoms with E-state index in [-0.39, 0.29) is 11.4 Å². The maximum absolute atomic E-state index is 15.2. The number of benzene rings is 3. The SMILES string of the molecule is CCCC1CCC(CCc2ccc3c(F)c(CCc4ccc(C#N)c(F)c4)ccc3c2)CC1. The van der Waals surface area contributed by atoms with Crippen molar-refractivity contribution in [2.24, 2.45) is 11.8 Å². The Labute approximate surface area is 196 Å². The van der Waals surface area contributed by atoms with Gasteiger partial charge in [-0.3, -0.25) is 0 Å². The third-order valence-corrected chi connectivity index (χ3v) is 7.44. The number of aryl methyl sites for hydroxylation is 3. The molecule has 0 aliphatic heterocycles. The van der Waals surface area contributed by atoms with Crippen molar-refractivity contribution >= 4 is 10.8 Å². The van der Waals surface area contributed by atoms with Gasteiger partial charge in [0.05, 0.1) is 5.56 Å². The molecule has 3 aromatic rings. The normalized spacial score (nSPS) is 18.4. The summed E-state index contributed by atoms with van der Waals surface area (Å²) in [5.41, 5.74) is 2.74. The second-order valence-electron chi connectivity index (χ2n) is 9.73. The molecule has 3 aromatic carbocycles. The van der Waals surface area contributed by atoms with Crippen LogP contribution in [0.15, 0.2) is 48.5 Å². The van der Waals surface area contributed by atoms with Crippen LogP contribution < -0.4 is 0 Å². The molecule has 1 aliphatic carbocycles. The molecule has 4 rings (SSSR count). The van der Waals surface area contributed by atoms with Crippen molar-refractivity contribution in [2.45, 2.75) is 71.1 Å². The molecule has 33 heavy (non-hydrogen) atoms. The third kappa shape index (κ3) is 5.80. The fourth-order valence-electron chi connectivity index (χ4n) is 5.41. The van der Waals surface area contributed by atoms with Gasteiger partial charge in [-0.25, -0.2) is 8.78 Å². The van der Waals surface area contributed by atoms with Crippen LogP contribution in [0.25, 0.3) is 10.8 Å². The summed E-state index contributed by atoms with van der Waals surface area (Å²) in [6, 6.07) is 16.4. The monoisotopic (exact) mass is 445 g/mol. The van der Waals surface area contributed by atoms with E-state index in [0.29, 0.717) is 23.8 Å². The predicted octanol–water partition coefficient (Wildman–Crippen LogP) is 8.31. The molecular weight excluding hydrogens is 412 g/mol. The minimum Gasteiger partial charge on any atom is -0.206 e. The molecule has 0 bridgehead atoms. The lowest BCUT2D eigenvalue weighted by atomic mass is 9.78. The Balaban J connectivity index is 1.37. The standard InChI is InChI=1S/C30H33F2N/c1-2-3-21-4-6-22(7-5-21)8-9-23-12-17-28-26(18-23)16-15-25(30(28)32)13-10-24-11-14-27(20-33)29(31)19-24/h11-12,14-19,21-22H,2-10,13H2,1H3. The Morgan fingerprint density at radius 2 is 1.52 bits per heavy atom. The van der Waals surface area contributed by atoms with Crippen LogP contribution in [0.4, 0.5) is 8.78 Å². The van der Waals surface area contributed by atoms with Gasteiger partial charge in [-0.1, -0.05) is 81.8 Å². The zero-order valence-corrected chi connectivity index (χ0v) is 19.5. The molecule has 0 unspecified atom stereocenters. The summed E-state index contributed by atoms with van der Waals surface area (Å²) in [7, 11) is 0. The van der Waals surface area contributed by atoms with E-state index >= 15 is 4.39 Å². The lowest BCUT2D eigenvalue weighted by Crippen LogP contribution is -2.15. The summed E-state index contributed by atoms with van der Waals surface area (Å²) in [6.07, 6.45) is 11.5. The first-order valence-corrected chi connectivity index (χ1v) is 12.5. The first kappa shape index (κ1) is 23.4. The first-order valence-electron chi connectivity index (χ1n) is 12.5. The van der Waals surface area contributed by atoms with Crippen molar-refractivity contribution in [1.29, 1.82) is 5.26 Å². The number of hydrogen-bond acceptors (Lipinski definition) is 1. The zero-order chi connectivity index (χ0) is 23.2. The van der Waals surface area contributed by atoms with Crippen molar-refractivity contribution < 1.29 is 8.78 Å². The van der Waals surface area contributed by atoms with Gasteiger partial charge in [-0.05, 0) is 71.7 Å². The highest BCUT2D eigenvalue weighted by atomic mass is 19.1. The Morgan fingerprint density at radius 1 is 0.818 bits per heavy atom. The molecule has 0 aromatic heterocycles. The largest absolute Gasteiger partial charge is 0.206 e. The molecule has 0 radical (unpaired) electrons. The Bertz CT molecular complexity index is 1140. The quantitative estimate of drug-likeness (QED) is 0.342. The van der Waals surface area contributed by atoms with E-state index in [0.717, 1.165) is 29.2 Å². The van der Waals surface area contributed by atoms with E-state index in [9.17, 15) is 4.39 Å². The molecule has 0 amide bonds. The predicted molar refractivity (Wildman–Crippen MR) is 131 cm³/mol. The van der Waals surface area contributed by atoms with E-state index in [2.05, 4.69) is 19.1 Å². The average Bonchev–Trinajstić information content (AvgIpc) is 2.83. The van der Waals surface area contributed by atoms with Crippen LogP contribution in [-0.4, -0.2) is 0 Å². The Hall–Kier alpha value is -2.73. The van der Waals surface area contributed by atoms with E-state index < -0.39 is 5.82 Å². The first-order chi connectivity index (χ1) is 16.1. The van der Waals surface area contributed by atoms with Crippen molar-refractivity contribution in [1.82, 2.24) is 0 Å². The van der Waals surface area contributed by atoms with Crippen LogP contribution in [0.3, 0.4) is 0 Å². The summed E-state index contributed by atoms with van der Waals surface area (Å²) < 4.78 is 29.0. The minimum absolute atomic E-state index is 0.0376. The maximum Gasteiger partial charge on any atom is 0.141 e. The Kier molecular flexibility index (Phi) is 7.76. The molecule has 172 valence electrons. The molecule has 0 atom stereocenters. The second-order valence-corrected chi connectivity index (χ2v) is 9.73. The van der Waals surface area contributed by atoms with Crippen LogP contribution >= 0.6 is 0 Å². The van der Waals surface area contributed by atoms with Gasteiger partial charge in [0.1, 0.15) is 17.7 Å². The molecule has 1 saturated carbocycles.